The monoisotopic (exact) mass is 355 g/mol. The number of piperidine rings is 1. The zero-order chi connectivity index (χ0) is 18.7. The summed E-state index contributed by atoms with van der Waals surface area (Å²) in [6.07, 6.45) is 4.52. The van der Waals surface area contributed by atoms with Crippen molar-refractivity contribution in [3.63, 3.8) is 0 Å². The number of carbonyl (C=O) groups is 3. The molecule has 0 bridgehead atoms. The Bertz CT molecular complexity index is 736. The summed E-state index contributed by atoms with van der Waals surface area (Å²) < 4.78 is 0. The number of amides is 3. The highest BCUT2D eigenvalue weighted by Gasteiger charge is 2.35. The van der Waals surface area contributed by atoms with Crippen molar-refractivity contribution in [2.24, 2.45) is 0 Å². The Balaban J connectivity index is 1.66. The Hall–Kier alpha value is -2.47. The molecule has 3 rings (SSSR count). The third-order valence-electron chi connectivity index (χ3n) is 5.01. The van der Waals surface area contributed by atoms with E-state index in [9.17, 15) is 14.4 Å². The fourth-order valence-electron chi connectivity index (χ4n) is 3.61. The van der Waals surface area contributed by atoms with E-state index >= 15 is 0 Å². The normalized spacial score (nSPS) is 18.1. The van der Waals surface area contributed by atoms with Crippen molar-refractivity contribution in [2.45, 2.75) is 32.2 Å². The van der Waals surface area contributed by atoms with Crippen molar-refractivity contribution in [3.05, 3.63) is 47.5 Å². The smallest absolute Gasteiger partial charge is 0.261 e. The number of imide groups is 1. The highest BCUT2D eigenvalue weighted by Crippen LogP contribution is 2.24. The Kier molecular flexibility index (Phi) is 5.52. The molecule has 0 aromatic heterocycles. The predicted octanol–water partition coefficient (Wildman–Crippen LogP) is 2.07. The van der Waals surface area contributed by atoms with E-state index in [1.165, 1.54) is 12.1 Å². The zero-order valence-corrected chi connectivity index (χ0v) is 15.2. The number of nitrogens with zero attached hydrogens (tertiary/aromatic N) is 2. The van der Waals surface area contributed by atoms with Gasteiger partial charge >= 0.3 is 0 Å². The molecule has 0 atom stereocenters. The maximum atomic E-state index is 12.6. The molecule has 1 aromatic rings. The summed E-state index contributed by atoms with van der Waals surface area (Å²) >= 11 is 0. The average molecular weight is 355 g/mol. The molecule has 0 aliphatic carbocycles. The van der Waals surface area contributed by atoms with Crippen LogP contribution in [0.15, 0.2) is 30.9 Å². The lowest BCUT2D eigenvalue weighted by Gasteiger charge is -2.32. The second-order valence-corrected chi connectivity index (χ2v) is 6.86. The van der Waals surface area contributed by atoms with Crippen LogP contribution in [0.1, 0.15) is 57.3 Å². The summed E-state index contributed by atoms with van der Waals surface area (Å²) in [5.41, 5.74) is 1.06. The minimum absolute atomic E-state index is 0.151. The molecule has 1 N–H and O–H groups in total. The van der Waals surface area contributed by atoms with Crippen molar-refractivity contribution >= 4 is 17.7 Å². The minimum Gasteiger partial charge on any atom is -0.349 e. The van der Waals surface area contributed by atoms with E-state index in [2.05, 4.69) is 23.7 Å². The van der Waals surface area contributed by atoms with Crippen LogP contribution in [-0.4, -0.2) is 59.7 Å². The third-order valence-corrected chi connectivity index (χ3v) is 5.01. The van der Waals surface area contributed by atoms with Crippen LogP contribution in [0.2, 0.25) is 0 Å². The standard InChI is InChI=1S/C20H25N3O3/c1-3-9-22-11-7-15(8-12-22)21-18(24)14-5-6-16-17(13-14)20(26)23(10-4-2)19(16)25/h4-6,13,15H,2-3,7-12H2,1H3,(H,21,24). The number of hydrogen-bond acceptors (Lipinski definition) is 4. The van der Waals surface area contributed by atoms with Gasteiger partial charge in [-0.2, -0.15) is 0 Å². The fourth-order valence-corrected chi connectivity index (χ4v) is 3.61. The van der Waals surface area contributed by atoms with Gasteiger partial charge in [-0.05, 0) is 44.0 Å². The number of fused-ring (bicyclic) bond motifs is 1. The summed E-state index contributed by atoms with van der Waals surface area (Å²) in [5, 5.41) is 3.06. The van der Waals surface area contributed by atoms with Crippen molar-refractivity contribution in [1.29, 1.82) is 0 Å². The predicted molar refractivity (Wildman–Crippen MR) is 99.2 cm³/mol. The van der Waals surface area contributed by atoms with Crippen LogP contribution in [0.3, 0.4) is 0 Å². The molecule has 2 heterocycles. The van der Waals surface area contributed by atoms with Gasteiger partial charge < -0.3 is 10.2 Å². The van der Waals surface area contributed by atoms with Gasteiger partial charge in [-0.25, -0.2) is 0 Å². The first-order valence-corrected chi connectivity index (χ1v) is 9.19. The van der Waals surface area contributed by atoms with Gasteiger partial charge in [0.2, 0.25) is 0 Å². The molecule has 6 nitrogen and oxygen atoms in total. The van der Waals surface area contributed by atoms with Gasteiger partial charge in [0.05, 0.1) is 11.1 Å². The van der Waals surface area contributed by atoms with Crippen LogP contribution < -0.4 is 5.32 Å². The lowest BCUT2D eigenvalue weighted by atomic mass is 10.0. The minimum atomic E-state index is -0.368. The summed E-state index contributed by atoms with van der Waals surface area (Å²) in [6, 6.07) is 4.86. The number of benzene rings is 1. The molecule has 1 fully saturated rings. The summed E-state index contributed by atoms with van der Waals surface area (Å²) in [5.74, 6) is -0.892. The van der Waals surface area contributed by atoms with Gasteiger partial charge in [0, 0.05) is 31.2 Å². The van der Waals surface area contributed by atoms with Gasteiger partial charge in [-0.3, -0.25) is 19.3 Å². The van der Waals surface area contributed by atoms with Crippen LogP contribution in [0.25, 0.3) is 0 Å². The highest BCUT2D eigenvalue weighted by molar-refractivity contribution is 6.22. The van der Waals surface area contributed by atoms with Crippen LogP contribution in [0.4, 0.5) is 0 Å². The molecule has 6 heteroatoms. The Morgan fingerprint density at radius 3 is 2.58 bits per heavy atom. The van der Waals surface area contributed by atoms with Crippen molar-refractivity contribution in [1.82, 2.24) is 15.1 Å². The highest BCUT2D eigenvalue weighted by atomic mass is 16.2. The molecule has 1 saturated heterocycles. The molecule has 3 amide bonds. The molecule has 0 radical (unpaired) electrons. The van der Waals surface area contributed by atoms with Crippen LogP contribution in [0, 0.1) is 0 Å². The van der Waals surface area contributed by atoms with E-state index in [0.717, 1.165) is 43.8 Å². The maximum Gasteiger partial charge on any atom is 0.261 e. The molecule has 2 aliphatic rings. The molecule has 0 unspecified atom stereocenters. The Morgan fingerprint density at radius 2 is 1.92 bits per heavy atom. The van der Waals surface area contributed by atoms with Gasteiger partial charge in [-0.15, -0.1) is 6.58 Å². The van der Waals surface area contributed by atoms with Crippen molar-refractivity contribution < 1.29 is 14.4 Å². The molecule has 0 spiro atoms. The largest absolute Gasteiger partial charge is 0.349 e. The molecule has 2 aliphatic heterocycles. The van der Waals surface area contributed by atoms with E-state index in [-0.39, 0.29) is 30.3 Å². The summed E-state index contributed by atoms with van der Waals surface area (Å²) in [7, 11) is 0. The SMILES string of the molecule is C=CCN1C(=O)c2ccc(C(=O)NC3CCN(CCC)CC3)cc2C1=O. The van der Waals surface area contributed by atoms with Crippen molar-refractivity contribution in [3.8, 4) is 0 Å². The molecule has 138 valence electrons. The number of carbonyl (C=O) groups excluding carboxylic acids is 3. The third kappa shape index (κ3) is 3.55. The van der Waals surface area contributed by atoms with Gasteiger partial charge in [0.1, 0.15) is 0 Å². The first kappa shape index (κ1) is 18.3. The molecule has 0 saturated carbocycles. The fraction of sp³-hybridized carbons (Fsp3) is 0.450. The second-order valence-electron chi connectivity index (χ2n) is 6.86. The Morgan fingerprint density at radius 1 is 1.23 bits per heavy atom. The molecular formula is C20H25N3O3. The summed E-state index contributed by atoms with van der Waals surface area (Å²) in [6.45, 7) is 9.00. The maximum absolute atomic E-state index is 12.6. The van der Waals surface area contributed by atoms with Gasteiger partial charge in [0.25, 0.3) is 17.7 Å². The lowest BCUT2D eigenvalue weighted by Crippen LogP contribution is -2.44. The Labute approximate surface area is 153 Å². The number of hydrogen-bond donors (Lipinski definition) is 1. The van der Waals surface area contributed by atoms with Gasteiger partial charge in [0.15, 0.2) is 0 Å². The topological polar surface area (TPSA) is 69.7 Å². The summed E-state index contributed by atoms with van der Waals surface area (Å²) in [4.78, 5) is 40.7. The van der Waals surface area contributed by atoms with Gasteiger partial charge in [-0.1, -0.05) is 13.0 Å². The number of likely N-dealkylation sites (tertiary alicyclic amines) is 1. The van der Waals surface area contributed by atoms with E-state index in [4.69, 9.17) is 0 Å². The van der Waals surface area contributed by atoms with Crippen LogP contribution in [0.5, 0.6) is 0 Å². The van der Waals surface area contributed by atoms with Crippen LogP contribution in [-0.2, 0) is 0 Å². The molecule has 1 aromatic carbocycles. The van der Waals surface area contributed by atoms with E-state index in [0.29, 0.717) is 16.7 Å². The van der Waals surface area contributed by atoms with E-state index < -0.39 is 0 Å². The average Bonchev–Trinajstić information content (AvgIpc) is 2.88. The quantitative estimate of drug-likeness (QED) is 0.626. The zero-order valence-electron chi connectivity index (χ0n) is 15.2. The van der Waals surface area contributed by atoms with E-state index in [1.807, 2.05) is 0 Å². The van der Waals surface area contributed by atoms with Crippen molar-refractivity contribution in [2.75, 3.05) is 26.2 Å². The van der Waals surface area contributed by atoms with Crippen LogP contribution >= 0.6 is 0 Å². The lowest BCUT2D eigenvalue weighted by molar-refractivity contribution is 0.0672. The first-order valence-electron chi connectivity index (χ1n) is 9.19. The molecular weight excluding hydrogens is 330 g/mol. The molecule has 26 heavy (non-hydrogen) atoms. The first-order chi connectivity index (χ1) is 12.5. The number of rotatable bonds is 6. The second kappa shape index (κ2) is 7.83. The van der Waals surface area contributed by atoms with E-state index in [1.54, 1.807) is 12.1 Å². The number of nitrogens with one attached hydrogen (secondary N) is 1.